The Morgan fingerprint density at radius 3 is 2.70 bits per heavy atom. The van der Waals surface area contributed by atoms with E-state index in [2.05, 4.69) is 28.0 Å². The molecule has 1 N–H and O–H groups in total. The maximum absolute atomic E-state index is 4.60. The van der Waals surface area contributed by atoms with Crippen molar-refractivity contribution >= 4 is 0 Å². The van der Waals surface area contributed by atoms with Gasteiger partial charge in [-0.1, -0.05) is 19.3 Å². The molecule has 3 rings (SSSR count). The number of aromatic nitrogens is 2. The van der Waals surface area contributed by atoms with Crippen LogP contribution in [0.15, 0.2) is 12.4 Å². The molecule has 1 aromatic heterocycles. The Hall–Kier alpha value is -0.830. The van der Waals surface area contributed by atoms with Gasteiger partial charge in [0.15, 0.2) is 0 Å². The second-order valence-electron chi connectivity index (χ2n) is 6.67. The molecule has 0 saturated heterocycles. The Bertz CT molecular complexity index is 408. The second kappa shape index (κ2) is 6.75. The summed E-state index contributed by atoms with van der Waals surface area (Å²) in [5.41, 5.74) is 0. The van der Waals surface area contributed by atoms with E-state index in [9.17, 15) is 0 Å². The fourth-order valence-electron chi connectivity index (χ4n) is 3.66. The molecule has 2 saturated carbocycles. The summed E-state index contributed by atoms with van der Waals surface area (Å²) in [6.45, 7) is 4.50. The molecule has 2 aliphatic carbocycles. The van der Waals surface area contributed by atoms with Crippen molar-refractivity contribution in [1.29, 1.82) is 0 Å². The summed E-state index contributed by atoms with van der Waals surface area (Å²) in [4.78, 5) is 4.60. The zero-order valence-corrected chi connectivity index (χ0v) is 12.9. The van der Waals surface area contributed by atoms with Crippen LogP contribution in [0.25, 0.3) is 0 Å². The highest BCUT2D eigenvalue weighted by molar-refractivity contribution is 4.96. The van der Waals surface area contributed by atoms with E-state index in [-0.39, 0.29) is 0 Å². The first-order valence-corrected chi connectivity index (χ1v) is 8.60. The van der Waals surface area contributed by atoms with Crippen molar-refractivity contribution in [2.24, 2.45) is 11.8 Å². The summed E-state index contributed by atoms with van der Waals surface area (Å²) in [7, 11) is 0. The molecule has 20 heavy (non-hydrogen) atoms. The highest BCUT2D eigenvalue weighted by Crippen LogP contribution is 2.31. The van der Waals surface area contributed by atoms with Crippen LogP contribution in [0, 0.1) is 11.8 Å². The summed E-state index contributed by atoms with van der Waals surface area (Å²) < 4.78 is 2.32. The minimum absolute atomic E-state index is 0.830. The lowest BCUT2D eigenvalue weighted by Crippen LogP contribution is -2.30. The van der Waals surface area contributed by atoms with E-state index in [1.54, 1.807) is 0 Å². The summed E-state index contributed by atoms with van der Waals surface area (Å²) >= 11 is 0. The van der Waals surface area contributed by atoms with Gasteiger partial charge in [-0.15, -0.1) is 0 Å². The van der Waals surface area contributed by atoms with Gasteiger partial charge in [0.1, 0.15) is 5.82 Å². The molecule has 2 aliphatic rings. The molecule has 0 aromatic carbocycles. The lowest BCUT2D eigenvalue weighted by molar-refractivity contribution is 0.290. The topological polar surface area (TPSA) is 29.9 Å². The first-order valence-electron chi connectivity index (χ1n) is 8.60. The van der Waals surface area contributed by atoms with Crippen molar-refractivity contribution in [1.82, 2.24) is 14.9 Å². The van der Waals surface area contributed by atoms with Crippen molar-refractivity contribution < 1.29 is 0 Å². The fourth-order valence-corrected chi connectivity index (χ4v) is 3.66. The van der Waals surface area contributed by atoms with Crippen molar-refractivity contribution in [2.75, 3.05) is 6.54 Å². The first kappa shape index (κ1) is 14.1. The van der Waals surface area contributed by atoms with Crippen molar-refractivity contribution in [2.45, 2.75) is 70.9 Å². The normalized spacial score (nSPS) is 27.4. The van der Waals surface area contributed by atoms with E-state index in [0.29, 0.717) is 0 Å². The molecule has 112 valence electrons. The van der Waals surface area contributed by atoms with Crippen LogP contribution < -0.4 is 5.32 Å². The molecule has 0 aliphatic heterocycles. The van der Waals surface area contributed by atoms with Crippen molar-refractivity contribution in [3.8, 4) is 0 Å². The van der Waals surface area contributed by atoms with Crippen LogP contribution in [0.3, 0.4) is 0 Å². The monoisotopic (exact) mass is 275 g/mol. The van der Waals surface area contributed by atoms with Crippen molar-refractivity contribution in [3.05, 3.63) is 18.2 Å². The van der Waals surface area contributed by atoms with Gasteiger partial charge in [-0.3, -0.25) is 0 Å². The average molecular weight is 275 g/mol. The van der Waals surface area contributed by atoms with Gasteiger partial charge >= 0.3 is 0 Å². The molecule has 2 unspecified atom stereocenters. The zero-order valence-electron chi connectivity index (χ0n) is 12.9. The van der Waals surface area contributed by atoms with Gasteiger partial charge in [0, 0.05) is 31.4 Å². The molecule has 3 heteroatoms. The zero-order chi connectivity index (χ0) is 13.8. The van der Waals surface area contributed by atoms with Gasteiger partial charge in [-0.05, 0) is 51.0 Å². The SMILES string of the molecule is CCn1ccnc1CC1CCCCCC1CNC1CC1. The molecule has 2 atom stereocenters. The van der Waals surface area contributed by atoms with Gasteiger partial charge in [0.05, 0.1) is 0 Å². The van der Waals surface area contributed by atoms with E-state index in [0.717, 1.165) is 24.4 Å². The maximum Gasteiger partial charge on any atom is 0.108 e. The molecule has 2 fully saturated rings. The number of hydrogen-bond acceptors (Lipinski definition) is 2. The molecule has 0 amide bonds. The number of hydrogen-bond donors (Lipinski definition) is 1. The molecule has 3 nitrogen and oxygen atoms in total. The largest absolute Gasteiger partial charge is 0.335 e. The van der Waals surface area contributed by atoms with Gasteiger partial charge in [0.25, 0.3) is 0 Å². The minimum Gasteiger partial charge on any atom is -0.335 e. The predicted molar refractivity (Wildman–Crippen MR) is 82.7 cm³/mol. The number of rotatable bonds is 6. The van der Waals surface area contributed by atoms with Crippen LogP contribution in [-0.2, 0) is 13.0 Å². The second-order valence-corrected chi connectivity index (χ2v) is 6.67. The van der Waals surface area contributed by atoms with Crippen molar-refractivity contribution in [3.63, 3.8) is 0 Å². The van der Waals surface area contributed by atoms with Crippen LogP contribution in [0.2, 0.25) is 0 Å². The molecule has 1 aromatic rings. The van der Waals surface area contributed by atoms with E-state index >= 15 is 0 Å². The highest BCUT2D eigenvalue weighted by atomic mass is 15.1. The smallest absolute Gasteiger partial charge is 0.108 e. The third-order valence-corrected chi connectivity index (χ3v) is 5.15. The molecule has 1 heterocycles. The van der Waals surface area contributed by atoms with Gasteiger partial charge < -0.3 is 9.88 Å². The highest BCUT2D eigenvalue weighted by Gasteiger charge is 2.28. The summed E-state index contributed by atoms with van der Waals surface area (Å²) in [6, 6.07) is 0.844. The molecular formula is C17H29N3. The van der Waals surface area contributed by atoms with Crippen LogP contribution in [0.5, 0.6) is 0 Å². The molecule has 0 radical (unpaired) electrons. The first-order chi connectivity index (χ1) is 9.86. The molecular weight excluding hydrogens is 246 g/mol. The number of nitrogens with zero attached hydrogens (tertiary/aromatic N) is 2. The Kier molecular flexibility index (Phi) is 4.77. The van der Waals surface area contributed by atoms with E-state index < -0.39 is 0 Å². The quantitative estimate of drug-likeness (QED) is 0.807. The third kappa shape index (κ3) is 3.63. The maximum atomic E-state index is 4.60. The summed E-state index contributed by atoms with van der Waals surface area (Å²) in [5.74, 6) is 2.99. The average Bonchev–Trinajstić information content (AvgIpc) is 3.21. The lowest BCUT2D eigenvalue weighted by Gasteiger charge is -2.25. The van der Waals surface area contributed by atoms with E-state index in [1.807, 2.05) is 6.20 Å². The van der Waals surface area contributed by atoms with E-state index in [1.165, 1.54) is 63.7 Å². The van der Waals surface area contributed by atoms with Crippen LogP contribution in [-0.4, -0.2) is 22.1 Å². The standard InChI is InChI=1S/C17H29N3/c1-2-20-11-10-18-17(20)12-14-6-4-3-5-7-15(14)13-19-16-8-9-16/h10-11,14-16,19H,2-9,12-13H2,1H3. The Morgan fingerprint density at radius 2 is 1.95 bits per heavy atom. The Morgan fingerprint density at radius 1 is 1.15 bits per heavy atom. The van der Waals surface area contributed by atoms with E-state index in [4.69, 9.17) is 0 Å². The van der Waals surface area contributed by atoms with Crippen LogP contribution in [0.1, 0.15) is 57.7 Å². The number of nitrogens with one attached hydrogen (secondary N) is 1. The lowest BCUT2D eigenvalue weighted by atomic mass is 9.85. The Balaban J connectivity index is 1.62. The summed E-state index contributed by atoms with van der Waals surface area (Å²) in [5, 5.41) is 3.77. The van der Waals surface area contributed by atoms with Crippen LogP contribution >= 0.6 is 0 Å². The summed E-state index contributed by atoms with van der Waals surface area (Å²) in [6.07, 6.45) is 15.2. The molecule has 0 spiro atoms. The van der Waals surface area contributed by atoms with Gasteiger partial charge in [-0.25, -0.2) is 4.98 Å². The number of aryl methyl sites for hydroxylation is 1. The third-order valence-electron chi connectivity index (χ3n) is 5.15. The minimum atomic E-state index is 0.830. The van der Waals surface area contributed by atoms with Crippen LogP contribution in [0.4, 0.5) is 0 Å². The predicted octanol–water partition coefficient (Wildman–Crippen LogP) is 3.39. The molecule has 0 bridgehead atoms. The Labute approximate surface area is 123 Å². The fraction of sp³-hybridized carbons (Fsp3) is 0.824. The van der Waals surface area contributed by atoms with Gasteiger partial charge in [0.2, 0.25) is 0 Å². The number of imidazole rings is 1. The van der Waals surface area contributed by atoms with Gasteiger partial charge in [-0.2, -0.15) is 0 Å².